The number of hydrogen-bond acceptors (Lipinski definition) is 4. The van der Waals surface area contributed by atoms with Crippen molar-refractivity contribution in [3.63, 3.8) is 0 Å². The molecule has 0 unspecified atom stereocenters. The third kappa shape index (κ3) is 10.4. The molecule has 0 saturated carbocycles. The summed E-state index contributed by atoms with van der Waals surface area (Å²) in [6, 6.07) is 33.3. The van der Waals surface area contributed by atoms with Crippen LogP contribution in [0.3, 0.4) is 0 Å². The van der Waals surface area contributed by atoms with Crippen LogP contribution in [0.25, 0.3) is 0 Å². The van der Waals surface area contributed by atoms with Crippen LogP contribution in [-0.4, -0.2) is 23.6 Å². The normalized spacial score (nSPS) is 10.4. The summed E-state index contributed by atoms with van der Waals surface area (Å²) in [5, 5.41) is 11.2. The smallest absolute Gasteiger partial charge is 0.224 e. The van der Waals surface area contributed by atoms with Gasteiger partial charge in [-0.1, -0.05) is 72.8 Å². The van der Waals surface area contributed by atoms with E-state index in [1.165, 1.54) is 0 Å². The third-order valence-corrected chi connectivity index (χ3v) is 6.41. The molecule has 0 atom stereocenters. The predicted octanol–water partition coefficient (Wildman–Crippen LogP) is 6.19. The molecule has 0 saturated heterocycles. The van der Waals surface area contributed by atoms with Crippen molar-refractivity contribution in [3.05, 3.63) is 120 Å². The lowest BCUT2D eigenvalue weighted by Gasteiger charge is -2.10. The molecule has 0 aliphatic heterocycles. The molecule has 0 radical (unpaired) electrons. The highest BCUT2D eigenvalue weighted by molar-refractivity contribution is 5.98. The van der Waals surface area contributed by atoms with Gasteiger partial charge in [0, 0.05) is 48.4 Å². The summed E-state index contributed by atoms with van der Waals surface area (Å²) >= 11 is 0. The van der Waals surface area contributed by atoms with Gasteiger partial charge in [0.25, 0.3) is 0 Å². The van der Waals surface area contributed by atoms with Gasteiger partial charge in [-0.3, -0.25) is 19.2 Å². The van der Waals surface area contributed by atoms with Crippen LogP contribution >= 0.6 is 0 Å². The Morgan fingerprint density at radius 1 is 0.381 bits per heavy atom. The third-order valence-electron chi connectivity index (χ3n) is 6.41. The summed E-state index contributed by atoms with van der Waals surface area (Å²) < 4.78 is 0. The Balaban J connectivity index is 1.18. The highest BCUT2D eigenvalue weighted by atomic mass is 16.2. The molecule has 0 aliphatic carbocycles. The van der Waals surface area contributed by atoms with Crippen LogP contribution < -0.4 is 21.3 Å². The van der Waals surface area contributed by atoms with E-state index in [1.54, 1.807) is 48.5 Å². The molecule has 4 aromatic rings. The Bertz CT molecular complexity index is 1390. The standard InChI is InChI=1S/C34H34N4O4/c39-31(19-17-25-9-3-1-4-10-25)35-27-13-7-15-29(23-27)37-33(41)21-22-34(42)38-30-16-8-14-28(24-30)36-32(40)20-18-26-11-5-2-6-12-26/h1-16,23-24H,17-22H2,(H,35,39)(H,36,40)(H,37,41)(H,38,42). The zero-order valence-corrected chi connectivity index (χ0v) is 23.3. The van der Waals surface area contributed by atoms with E-state index < -0.39 is 0 Å². The van der Waals surface area contributed by atoms with E-state index >= 15 is 0 Å². The van der Waals surface area contributed by atoms with Crippen LogP contribution in [0, 0.1) is 0 Å². The zero-order chi connectivity index (χ0) is 29.6. The minimum absolute atomic E-state index is 0.0184. The fraction of sp³-hybridized carbons (Fsp3) is 0.176. The molecule has 4 N–H and O–H groups in total. The number of benzene rings is 4. The largest absolute Gasteiger partial charge is 0.326 e. The van der Waals surface area contributed by atoms with Crippen molar-refractivity contribution in [1.82, 2.24) is 0 Å². The quantitative estimate of drug-likeness (QED) is 0.156. The molecule has 8 heteroatoms. The number of aryl methyl sites for hydroxylation is 2. The molecule has 4 rings (SSSR count). The molecule has 0 aromatic heterocycles. The van der Waals surface area contributed by atoms with Crippen molar-refractivity contribution in [2.24, 2.45) is 0 Å². The minimum atomic E-state index is -0.322. The molecule has 42 heavy (non-hydrogen) atoms. The van der Waals surface area contributed by atoms with Crippen molar-refractivity contribution in [1.29, 1.82) is 0 Å². The van der Waals surface area contributed by atoms with Gasteiger partial charge in [0.1, 0.15) is 0 Å². The average molecular weight is 563 g/mol. The summed E-state index contributed by atoms with van der Waals surface area (Å²) in [4.78, 5) is 49.6. The van der Waals surface area contributed by atoms with Gasteiger partial charge in [0.15, 0.2) is 0 Å². The van der Waals surface area contributed by atoms with E-state index in [-0.39, 0.29) is 36.5 Å². The SMILES string of the molecule is O=C(CCC(=O)Nc1cccc(NC(=O)CCc2ccccc2)c1)Nc1cccc(NC(=O)CCc2ccccc2)c1. The number of anilines is 4. The summed E-state index contributed by atoms with van der Waals surface area (Å²) in [7, 11) is 0. The molecule has 0 fully saturated rings. The fourth-order valence-electron chi connectivity index (χ4n) is 4.28. The van der Waals surface area contributed by atoms with E-state index in [0.717, 1.165) is 11.1 Å². The second-order valence-corrected chi connectivity index (χ2v) is 9.83. The van der Waals surface area contributed by atoms with E-state index in [4.69, 9.17) is 0 Å². The second-order valence-electron chi connectivity index (χ2n) is 9.83. The van der Waals surface area contributed by atoms with Crippen molar-refractivity contribution in [2.45, 2.75) is 38.5 Å². The topological polar surface area (TPSA) is 116 Å². The van der Waals surface area contributed by atoms with Gasteiger partial charge in [-0.05, 0) is 60.4 Å². The highest BCUT2D eigenvalue weighted by Gasteiger charge is 2.10. The average Bonchev–Trinajstić information content (AvgIpc) is 2.99. The van der Waals surface area contributed by atoms with E-state index in [0.29, 0.717) is 48.4 Å². The van der Waals surface area contributed by atoms with E-state index in [9.17, 15) is 19.2 Å². The Hall–Kier alpha value is -5.24. The molecular weight excluding hydrogens is 528 g/mol. The maximum atomic E-state index is 12.5. The van der Waals surface area contributed by atoms with Crippen LogP contribution in [-0.2, 0) is 32.0 Å². The number of carbonyl (C=O) groups excluding carboxylic acids is 4. The lowest BCUT2D eigenvalue weighted by atomic mass is 10.1. The molecular formula is C34H34N4O4. The first-order valence-electron chi connectivity index (χ1n) is 13.9. The van der Waals surface area contributed by atoms with Crippen LogP contribution in [0.1, 0.15) is 36.8 Å². The number of amides is 4. The predicted molar refractivity (Wildman–Crippen MR) is 166 cm³/mol. The Kier molecular flexibility index (Phi) is 11.0. The molecule has 214 valence electrons. The molecule has 8 nitrogen and oxygen atoms in total. The maximum absolute atomic E-state index is 12.5. The van der Waals surface area contributed by atoms with Crippen LogP contribution in [0.4, 0.5) is 22.7 Å². The van der Waals surface area contributed by atoms with Gasteiger partial charge in [-0.15, -0.1) is 0 Å². The molecule has 0 heterocycles. The number of nitrogens with one attached hydrogen (secondary N) is 4. The Labute approximate surface area is 245 Å². The molecule has 4 aromatic carbocycles. The lowest BCUT2D eigenvalue weighted by Crippen LogP contribution is -2.18. The zero-order valence-electron chi connectivity index (χ0n) is 23.3. The van der Waals surface area contributed by atoms with Crippen molar-refractivity contribution in [3.8, 4) is 0 Å². The van der Waals surface area contributed by atoms with Crippen LogP contribution in [0.2, 0.25) is 0 Å². The summed E-state index contributed by atoms with van der Waals surface area (Å²) in [5.41, 5.74) is 4.39. The fourth-order valence-corrected chi connectivity index (χ4v) is 4.28. The highest BCUT2D eigenvalue weighted by Crippen LogP contribution is 2.18. The van der Waals surface area contributed by atoms with Gasteiger partial charge < -0.3 is 21.3 Å². The van der Waals surface area contributed by atoms with Gasteiger partial charge in [-0.2, -0.15) is 0 Å². The molecule has 0 bridgehead atoms. The summed E-state index contributed by atoms with van der Waals surface area (Å²) in [6.45, 7) is 0. The molecule has 0 aliphatic rings. The number of carbonyl (C=O) groups is 4. The van der Waals surface area contributed by atoms with Gasteiger partial charge in [-0.25, -0.2) is 0 Å². The summed E-state index contributed by atoms with van der Waals surface area (Å²) in [6.07, 6.45) is 1.93. The van der Waals surface area contributed by atoms with Crippen LogP contribution in [0.15, 0.2) is 109 Å². The number of rotatable bonds is 13. The van der Waals surface area contributed by atoms with Gasteiger partial charge >= 0.3 is 0 Å². The second kappa shape index (κ2) is 15.5. The monoisotopic (exact) mass is 562 g/mol. The Morgan fingerprint density at radius 3 is 1.02 bits per heavy atom. The molecule has 4 amide bonds. The van der Waals surface area contributed by atoms with Gasteiger partial charge in [0.05, 0.1) is 0 Å². The first kappa shape index (κ1) is 29.7. The first-order chi connectivity index (χ1) is 20.4. The van der Waals surface area contributed by atoms with Crippen molar-refractivity contribution in [2.75, 3.05) is 21.3 Å². The Morgan fingerprint density at radius 2 is 0.690 bits per heavy atom. The van der Waals surface area contributed by atoms with E-state index in [2.05, 4.69) is 21.3 Å². The van der Waals surface area contributed by atoms with Crippen molar-refractivity contribution < 1.29 is 19.2 Å². The molecule has 0 spiro atoms. The van der Waals surface area contributed by atoms with Gasteiger partial charge in [0.2, 0.25) is 23.6 Å². The minimum Gasteiger partial charge on any atom is -0.326 e. The van der Waals surface area contributed by atoms with Crippen molar-refractivity contribution >= 4 is 46.4 Å². The lowest BCUT2D eigenvalue weighted by molar-refractivity contribution is -0.121. The van der Waals surface area contributed by atoms with E-state index in [1.807, 2.05) is 60.7 Å². The maximum Gasteiger partial charge on any atom is 0.224 e. The van der Waals surface area contributed by atoms with Crippen LogP contribution in [0.5, 0.6) is 0 Å². The number of hydrogen-bond donors (Lipinski definition) is 4. The summed E-state index contributed by atoms with van der Waals surface area (Å²) in [5.74, 6) is -0.876. The first-order valence-corrected chi connectivity index (χ1v) is 13.9.